The first-order valence-corrected chi connectivity index (χ1v) is 4.57. The number of amides is 1. The third kappa shape index (κ3) is 3.18. The summed E-state index contributed by atoms with van der Waals surface area (Å²) < 4.78 is 4.96. The molecule has 0 aliphatic heterocycles. The van der Waals surface area contributed by atoms with E-state index in [1.165, 1.54) is 0 Å². The molecule has 5 heteroatoms. The van der Waals surface area contributed by atoms with Crippen LogP contribution in [-0.2, 0) is 16.1 Å². The van der Waals surface area contributed by atoms with E-state index in [2.05, 4.69) is 15.5 Å². The summed E-state index contributed by atoms with van der Waals surface area (Å²) in [5.74, 6) is -0.104. The van der Waals surface area contributed by atoms with Crippen LogP contribution in [0.2, 0.25) is 0 Å². The number of aromatic nitrogens is 2. The summed E-state index contributed by atoms with van der Waals surface area (Å²) in [5.41, 5.74) is 1.97. The second-order valence-corrected chi connectivity index (χ2v) is 2.93. The Morgan fingerprint density at radius 3 is 3.07 bits per heavy atom. The highest BCUT2D eigenvalue weighted by Gasteiger charge is 2.03. The molecule has 1 aromatic rings. The zero-order valence-corrected chi connectivity index (χ0v) is 8.46. The normalized spacial score (nSPS) is 10.1. The molecule has 14 heavy (non-hydrogen) atoms. The first kappa shape index (κ1) is 10.7. The Bertz CT molecular complexity index is 296. The highest BCUT2D eigenvalue weighted by Crippen LogP contribution is 2.00. The monoisotopic (exact) mass is 197 g/mol. The lowest BCUT2D eigenvalue weighted by molar-refractivity contribution is -0.125. The number of nitrogens with one attached hydrogen (secondary N) is 2. The topological polar surface area (TPSA) is 67.0 Å². The molecule has 0 aliphatic rings. The second kappa shape index (κ2) is 5.39. The highest BCUT2D eigenvalue weighted by atomic mass is 16.5. The fraction of sp³-hybridized carbons (Fsp3) is 0.556. The smallest absolute Gasteiger partial charge is 0.246 e. The van der Waals surface area contributed by atoms with Crippen molar-refractivity contribution in [3.05, 3.63) is 17.5 Å². The van der Waals surface area contributed by atoms with E-state index in [-0.39, 0.29) is 12.5 Å². The van der Waals surface area contributed by atoms with Gasteiger partial charge in [0.1, 0.15) is 6.61 Å². The lowest BCUT2D eigenvalue weighted by Crippen LogP contribution is -2.27. The number of H-pyrrole nitrogens is 1. The Kier molecular flexibility index (Phi) is 4.12. The number of aromatic amines is 1. The molecule has 0 radical (unpaired) electrons. The molecule has 1 rings (SSSR count). The van der Waals surface area contributed by atoms with Crippen LogP contribution in [0, 0.1) is 6.92 Å². The van der Waals surface area contributed by atoms with E-state index in [9.17, 15) is 4.79 Å². The summed E-state index contributed by atoms with van der Waals surface area (Å²) in [6, 6.07) is 0. The number of ether oxygens (including phenoxy) is 1. The number of hydrogen-bond acceptors (Lipinski definition) is 3. The van der Waals surface area contributed by atoms with E-state index in [1.54, 1.807) is 6.20 Å². The Morgan fingerprint density at radius 1 is 1.71 bits per heavy atom. The first-order chi connectivity index (χ1) is 6.74. The summed E-state index contributed by atoms with van der Waals surface area (Å²) in [6.07, 6.45) is 1.70. The van der Waals surface area contributed by atoms with Crippen molar-refractivity contribution >= 4 is 5.91 Å². The Balaban J connectivity index is 2.27. The quantitative estimate of drug-likeness (QED) is 0.716. The Hall–Kier alpha value is -1.36. The molecular weight excluding hydrogens is 182 g/mol. The van der Waals surface area contributed by atoms with E-state index in [0.29, 0.717) is 13.2 Å². The maximum absolute atomic E-state index is 11.1. The minimum atomic E-state index is -0.104. The third-order valence-electron chi connectivity index (χ3n) is 1.85. The number of carbonyl (C=O) groups is 1. The Morgan fingerprint density at radius 2 is 2.50 bits per heavy atom. The molecule has 0 saturated carbocycles. The van der Waals surface area contributed by atoms with Crippen molar-refractivity contribution in [2.45, 2.75) is 20.4 Å². The fourth-order valence-corrected chi connectivity index (χ4v) is 0.993. The van der Waals surface area contributed by atoms with E-state index in [1.807, 2.05) is 13.8 Å². The molecule has 0 bridgehead atoms. The van der Waals surface area contributed by atoms with Gasteiger partial charge in [-0.15, -0.1) is 0 Å². The number of hydrogen-bond donors (Lipinski definition) is 2. The summed E-state index contributed by atoms with van der Waals surface area (Å²) in [7, 11) is 0. The highest BCUT2D eigenvalue weighted by molar-refractivity contribution is 5.77. The molecule has 5 nitrogen and oxygen atoms in total. The predicted molar refractivity (Wildman–Crippen MR) is 51.7 cm³/mol. The zero-order valence-electron chi connectivity index (χ0n) is 8.46. The molecule has 0 saturated heterocycles. The fourth-order valence-electron chi connectivity index (χ4n) is 0.993. The van der Waals surface area contributed by atoms with Crippen molar-refractivity contribution < 1.29 is 9.53 Å². The van der Waals surface area contributed by atoms with Gasteiger partial charge in [0.15, 0.2) is 0 Å². The molecule has 0 unspecified atom stereocenters. The molecule has 1 amide bonds. The van der Waals surface area contributed by atoms with Crippen molar-refractivity contribution in [1.29, 1.82) is 0 Å². The van der Waals surface area contributed by atoms with Crippen LogP contribution in [0.3, 0.4) is 0 Å². The summed E-state index contributed by atoms with van der Waals surface area (Å²) in [4.78, 5) is 11.1. The van der Waals surface area contributed by atoms with E-state index < -0.39 is 0 Å². The average Bonchev–Trinajstić information content (AvgIpc) is 2.58. The molecule has 1 heterocycles. The average molecular weight is 197 g/mol. The molecule has 0 spiro atoms. The van der Waals surface area contributed by atoms with Crippen LogP contribution in [0.15, 0.2) is 6.20 Å². The third-order valence-corrected chi connectivity index (χ3v) is 1.85. The van der Waals surface area contributed by atoms with Crippen LogP contribution in [0.5, 0.6) is 0 Å². The van der Waals surface area contributed by atoms with Gasteiger partial charge in [0, 0.05) is 24.4 Å². The van der Waals surface area contributed by atoms with E-state index >= 15 is 0 Å². The van der Waals surface area contributed by atoms with Crippen molar-refractivity contribution in [1.82, 2.24) is 15.5 Å². The molecule has 0 fully saturated rings. The van der Waals surface area contributed by atoms with Crippen LogP contribution in [0.4, 0.5) is 0 Å². The van der Waals surface area contributed by atoms with Gasteiger partial charge in [-0.25, -0.2) is 0 Å². The number of rotatable bonds is 5. The molecule has 2 N–H and O–H groups in total. The maximum Gasteiger partial charge on any atom is 0.246 e. The van der Waals surface area contributed by atoms with Crippen molar-refractivity contribution in [2.24, 2.45) is 0 Å². The van der Waals surface area contributed by atoms with Gasteiger partial charge < -0.3 is 10.1 Å². The zero-order chi connectivity index (χ0) is 10.4. The van der Waals surface area contributed by atoms with Crippen LogP contribution in [0.1, 0.15) is 18.2 Å². The van der Waals surface area contributed by atoms with Gasteiger partial charge >= 0.3 is 0 Å². The Labute approximate surface area is 82.8 Å². The van der Waals surface area contributed by atoms with E-state index in [4.69, 9.17) is 4.74 Å². The van der Waals surface area contributed by atoms with Crippen LogP contribution in [0.25, 0.3) is 0 Å². The molecular formula is C9H15N3O2. The van der Waals surface area contributed by atoms with Gasteiger partial charge in [0.25, 0.3) is 0 Å². The summed E-state index contributed by atoms with van der Waals surface area (Å²) in [6.45, 7) is 4.93. The number of nitrogens with zero attached hydrogens (tertiary/aromatic N) is 1. The minimum Gasteiger partial charge on any atom is -0.372 e. The van der Waals surface area contributed by atoms with Crippen LogP contribution < -0.4 is 5.32 Å². The molecule has 0 atom stereocenters. The van der Waals surface area contributed by atoms with Gasteiger partial charge in [-0.3, -0.25) is 9.89 Å². The lowest BCUT2D eigenvalue weighted by Gasteiger charge is -2.03. The van der Waals surface area contributed by atoms with Gasteiger partial charge in [-0.2, -0.15) is 5.10 Å². The van der Waals surface area contributed by atoms with Gasteiger partial charge in [-0.1, -0.05) is 0 Å². The van der Waals surface area contributed by atoms with Gasteiger partial charge in [0.05, 0.1) is 6.20 Å². The molecule has 1 aromatic heterocycles. The predicted octanol–water partition coefficient (Wildman–Crippen LogP) is 0.371. The van der Waals surface area contributed by atoms with Crippen LogP contribution >= 0.6 is 0 Å². The molecule has 0 aromatic carbocycles. The van der Waals surface area contributed by atoms with Crippen molar-refractivity contribution in [2.75, 3.05) is 13.2 Å². The standard InChI is InChI=1S/C9H15N3O2/c1-3-14-6-9(13)10-4-8-5-11-12-7(8)2/h5H,3-4,6H2,1-2H3,(H,10,13)(H,11,12). The number of carbonyl (C=O) groups excluding carboxylic acids is 1. The SMILES string of the molecule is CCOCC(=O)NCc1cn[nH]c1C. The summed E-state index contributed by atoms with van der Waals surface area (Å²) in [5, 5.41) is 9.39. The molecule has 78 valence electrons. The van der Waals surface area contributed by atoms with Gasteiger partial charge in [-0.05, 0) is 13.8 Å². The first-order valence-electron chi connectivity index (χ1n) is 4.57. The maximum atomic E-state index is 11.1. The van der Waals surface area contributed by atoms with Crippen LogP contribution in [-0.4, -0.2) is 29.3 Å². The van der Waals surface area contributed by atoms with E-state index in [0.717, 1.165) is 11.3 Å². The summed E-state index contributed by atoms with van der Waals surface area (Å²) >= 11 is 0. The van der Waals surface area contributed by atoms with Crippen molar-refractivity contribution in [3.8, 4) is 0 Å². The second-order valence-electron chi connectivity index (χ2n) is 2.93. The molecule has 0 aliphatic carbocycles. The largest absolute Gasteiger partial charge is 0.372 e. The number of aryl methyl sites for hydroxylation is 1. The van der Waals surface area contributed by atoms with Crippen molar-refractivity contribution in [3.63, 3.8) is 0 Å². The minimum absolute atomic E-state index is 0.104. The van der Waals surface area contributed by atoms with Gasteiger partial charge in [0.2, 0.25) is 5.91 Å². The lowest BCUT2D eigenvalue weighted by atomic mass is 10.2.